The first-order valence-electron chi connectivity index (χ1n) is 5.59. The second-order valence-electron chi connectivity index (χ2n) is 4.10. The van der Waals surface area contributed by atoms with E-state index in [0.29, 0.717) is 11.1 Å². The quantitative estimate of drug-likeness (QED) is 0.595. The molecule has 1 atom stereocenters. The van der Waals surface area contributed by atoms with Crippen molar-refractivity contribution in [2.75, 3.05) is 0 Å². The van der Waals surface area contributed by atoms with Crippen LogP contribution in [-0.2, 0) is 0 Å². The van der Waals surface area contributed by atoms with Crippen LogP contribution in [-0.4, -0.2) is 5.78 Å². The molecule has 0 N–H and O–H groups in total. The highest BCUT2D eigenvalue weighted by Gasteiger charge is 2.19. The van der Waals surface area contributed by atoms with E-state index in [9.17, 15) is 9.18 Å². The van der Waals surface area contributed by atoms with E-state index in [4.69, 9.17) is 11.6 Å². The van der Waals surface area contributed by atoms with Crippen molar-refractivity contribution in [2.24, 2.45) is 0 Å². The molecule has 0 aliphatic rings. The third-order valence-electron chi connectivity index (χ3n) is 2.76. The Morgan fingerprint density at radius 2 is 1.83 bits per heavy atom. The van der Waals surface area contributed by atoms with Gasteiger partial charge in [0.1, 0.15) is 11.2 Å². The molecule has 0 radical (unpaired) electrons. The maximum atomic E-state index is 13.1. The summed E-state index contributed by atoms with van der Waals surface area (Å²) in [4.78, 5) is 12.2. The van der Waals surface area contributed by atoms with Crippen molar-refractivity contribution in [3.05, 3.63) is 71.0 Å². The Morgan fingerprint density at radius 1 is 1.17 bits per heavy atom. The van der Waals surface area contributed by atoms with Crippen molar-refractivity contribution >= 4 is 17.4 Å². The summed E-state index contributed by atoms with van der Waals surface area (Å²) in [5.41, 5.74) is 1.61. The lowest BCUT2D eigenvalue weighted by atomic mass is 10.0. The third kappa shape index (κ3) is 2.59. The van der Waals surface area contributed by atoms with Gasteiger partial charge in [-0.3, -0.25) is 4.79 Å². The molecular weight excluding hydrogens is 251 g/mol. The molecule has 2 rings (SSSR count). The van der Waals surface area contributed by atoms with E-state index in [1.807, 2.05) is 18.2 Å². The van der Waals surface area contributed by atoms with Crippen LogP contribution in [0.5, 0.6) is 0 Å². The molecule has 0 aliphatic carbocycles. The fourth-order valence-corrected chi connectivity index (χ4v) is 1.99. The molecular formula is C15H12ClFO. The van der Waals surface area contributed by atoms with Crippen LogP contribution in [0.25, 0.3) is 0 Å². The molecule has 0 bridgehead atoms. The lowest BCUT2D eigenvalue weighted by Crippen LogP contribution is -2.08. The van der Waals surface area contributed by atoms with Gasteiger partial charge in [-0.1, -0.05) is 30.3 Å². The van der Waals surface area contributed by atoms with Gasteiger partial charge in [0.15, 0.2) is 5.78 Å². The summed E-state index contributed by atoms with van der Waals surface area (Å²) in [5, 5.41) is -0.740. The van der Waals surface area contributed by atoms with Crippen molar-refractivity contribution < 1.29 is 9.18 Å². The highest BCUT2D eigenvalue weighted by molar-refractivity contribution is 6.33. The lowest BCUT2D eigenvalue weighted by Gasteiger charge is -2.09. The van der Waals surface area contributed by atoms with Gasteiger partial charge < -0.3 is 0 Å². The maximum Gasteiger partial charge on any atom is 0.185 e. The number of ketones is 1. The number of carbonyl (C=O) groups excluding carboxylic acids is 1. The number of hydrogen-bond donors (Lipinski definition) is 0. The van der Waals surface area contributed by atoms with Gasteiger partial charge in [0.2, 0.25) is 0 Å². The van der Waals surface area contributed by atoms with Crippen LogP contribution in [0.4, 0.5) is 4.39 Å². The average molecular weight is 263 g/mol. The largest absolute Gasteiger partial charge is 0.292 e. The summed E-state index contributed by atoms with van der Waals surface area (Å²) in [7, 11) is 0. The van der Waals surface area contributed by atoms with Gasteiger partial charge in [0.05, 0.1) is 0 Å². The number of benzene rings is 2. The number of aryl methyl sites for hydroxylation is 1. The molecule has 0 amide bonds. The monoisotopic (exact) mass is 262 g/mol. The normalized spacial score (nSPS) is 12.2. The Kier molecular flexibility index (Phi) is 3.78. The molecule has 2 aromatic rings. The first kappa shape index (κ1) is 12.8. The van der Waals surface area contributed by atoms with Crippen molar-refractivity contribution in [3.63, 3.8) is 0 Å². The molecule has 0 aliphatic heterocycles. The Labute approximate surface area is 110 Å². The highest BCUT2D eigenvalue weighted by atomic mass is 35.5. The second-order valence-corrected chi connectivity index (χ2v) is 4.54. The van der Waals surface area contributed by atoms with Gasteiger partial charge in [0, 0.05) is 5.56 Å². The first-order valence-corrected chi connectivity index (χ1v) is 6.02. The van der Waals surface area contributed by atoms with Gasteiger partial charge in [-0.15, -0.1) is 11.6 Å². The van der Waals surface area contributed by atoms with Gasteiger partial charge in [-0.2, -0.15) is 0 Å². The zero-order valence-corrected chi connectivity index (χ0v) is 10.6. The standard InChI is InChI=1S/C15H12ClFO/c1-10-9-12(7-8-13(10)17)15(18)14(16)11-5-3-2-4-6-11/h2-9,14H,1H3. The third-order valence-corrected chi connectivity index (χ3v) is 3.22. The molecule has 0 saturated heterocycles. The van der Waals surface area contributed by atoms with Crippen LogP contribution >= 0.6 is 11.6 Å². The number of Topliss-reactive ketones (excluding diaryl/α,β-unsaturated/α-hetero) is 1. The predicted octanol–water partition coefficient (Wildman–Crippen LogP) is 4.30. The van der Waals surface area contributed by atoms with E-state index in [1.165, 1.54) is 18.2 Å². The summed E-state index contributed by atoms with van der Waals surface area (Å²) in [5.74, 6) is -0.539. The van der Waals surface area contributed by atoms with E-state index in [2.05, 4.69) is 0 Å². The van der Waals surface area contributed by atoms with Crippen LogP contribution < -0.4 is 0 Å². The van der Waals surface area contributed by atoms with Gasteiger partial charge in [-0.25, -0.2) is 4.39 Å². The van der Waals surface area contributed by atoms with Gasteiger partial charge in [-0.05, 0) is 36.2 Å². The van der Waals surface area contributed by atoms with Crippen LogP contribution in [0.3, 0.4) is 0 Å². The summed E-state index contributed by atoms with van der Waals surface area (Å²) >= 11 is 6.14. The van der Waals surface area contributed by atoms with Crippen LogP contribution in [0.15, 0.2) is 48.5 Å². The lowest BCUT2D eigenvalue weighted by molar-refractivity contribution is 0.0987. The minimum Gasteiger partial charge on any atom is -0.292 e. The minimum atomic E-state index is -0.740. The topological polar surface area (TPSA) is 17.1 Å². The molecule has 1 nitrogen and oxygen atoms in total. The second kappa shape index (κ2) is 5.32. The summed E-state index contributed by atoms with van der Waals surface area (Å²) in [6.07, 6.45) is 0. The van der Waals surface area contributed by atoms with Crippen LogP contribution in [0.1, 0.15) is 26.9 Å². The number of hydrogen-bond acceptors (Lipinski definition) is 1. The fraction of sp³-hybridized carbons (Fsp3) is 0.133. The Hall–Kier alpha value is -1.67. The van der Waals surface area contributed by atoms with Crippen molar-refractivity contribution in [2.45, 2.75) is 12.3 Å². The molecule has 0 fully saturated rings. The number of carbonyl (C=O) groups is 1. The molecule has 92 valence electrons. The Morgan fingerprint density at radius 3 is 2.44 bits per heavy atom. The van der Waals surface area contributed by atoms with E-state index < -0.39 is 5.38 Å². The number of rotatable bonds is 3. The average Bonchev–Trinajstić information content (AvgIpc) is 2.41. The molecule has 0 aromatic heterocycles. The molecule has 0 saturated carbocycles. The van der Waals surface area contributed by atoms with E-state index in [1.54, 1.807) is 19.1 Å². The zero-order valence-electron chi connectivity index (χ0n) is 9.86. The number of alkyl halides is 1. The predicted molar refractivity (Wildman–Crippen MR) is 70.5 cm³/mol. The van der Waals surface area contributed by atoms with Crippen LogP contribution in [0.2, 0.25) is 0 Å². The van der Waals surface area contributed by atoms with Crippen molar-refractivity contribution in [3.8, 4) is 0 Å². The van der Waals surface area contributed by atoms with Crippen molar-refractivity contribution in [1.82, 2.24) is 0 Å². The van der Waals surface area contributed by atoms with Crippen LogP contribution in [0, 0.1) is 12.7 Å². The fourth-order valence-electron chi connectivity index (χ4n) is 1.72. The Balaban J connectivity index is 2.29. The smallest absolute Gasteiger partial charge is 0.185 e. The zero-order chi connectivity index (χ0) is 13.1. The van der Waals surface area contributed by atoms with Crippen molar-refractivity contribution in [1.29, 1.82) is 0 Å². The number of halogens is 2. The summed E-state index contributed by atoms with van der Waals surface area (Å²) < 4.78 is 13.1. The highest BCUT2D eigenvalue weighted by Crippen LogP contribution is 2.25. The molecule has 0 spiro atoms. The summed E-state index contributed by atoms with van der Waals surface area (Å²) in [6, 6.07) is 13.4. The molecule has 0 heterocycles. The first-order chi connectivity index (χ1) is 8.59. The molecule has 1 unspecified atom stereocenters. The van der Waals surface area contributed by atoms with E-state index in [-0.39, 0.29) is 11.6 Å². The SMILES string of the molecule is Cc1cc(C(=O)C(Cl)c2ccccc2)ccc1F. The van der Waals surface area contributed by atoms with E-state index in [0.717, 1.165) is 5.56 Å². The van der Waals surface area contributed by atoms with Gasteiger partial charge >= 0.3 is 0 Å². The van der Waals surface area contributed by atoms with E-state index >= 15 is 0 Å². The van der Waals surface area contributed by atoms with Gasteiger partial charge in [0.25, 0.3) is 0 Å². The summed E-state index contributed by atoms with van der Waals surface area (Å²) in [6.45, 7) is 1.62. The maximum absolute atomic E-state index is 13.1. The molecule has 3 heteroatoms. The molecule has 18 heavy (non-hydrogen) atoms. The Bertz CT molecular complexity index is 566. The minimum absolute atomic E-state index is 0.217. The molecule has 2 aromatic carbocycles.